The van der Waals surface area contributed by atoms with E-state index >= 15 is 0 Å². The van der Waals surface area contributed by atoms with Crippen LogP contribution in [0.3, 0.4) is 0 Å². The number of carbonyl (C=O) groups excluding carboxylic acids is 1. The molecule has 0 aliphatic heterocycles. The molecule has 0 aliphatic rings. The Hall–Kier alpha value is -0.440. The molecule has 0 heterocycles. The Balaban J connectivity index is 2.51. The van der Waals surface area contributed by atoms with E-state index in [-0.39, 0.29) is 25.4 Å². The molecule has 0 aromatic heterocycles. The van der Waals surface area contributed by atoms with Crippen molar-refractivity contribution in [3.05, 3.63) is 25.6 Å². The van der Waals surface area contributed by atoms with Crippen LogP contribution in [0.15, 0.2) is 25.6 Å². The van der Waals surface area contributed by atoms with E-state index in [2.05, 4.69) is 58.4 Å². The smallest absolute Gasteiger partial charge is 0.304 e. The number of benzene rings is 1. The molecule has 3 N–H and O–H groups in total. The van der Waals surface area contributed by atoms with Gasteiger partial charge in [0.15, 0.2) is 0 Å². The second kappa shape index (κ2) is 7.98. The summed E-state index contributed by atoms with van der Waals surface area (Å²) in [5.74, 6) is -1.14. The number of amides is 1. The number of carboxylic acids is 1. The number of halogens is 3. The SMILES string of the molecule is O=C(O)CCNCC(=O)Nc1c(Br)cc(Br)cc1Br. The third-order valence-corrected chi connectivity index (χ3v) is 3.78. The third kappa shape index (κ3) is 6.03. The molecular formula is C11H11Br3N2O3. The summed E-state index contributed by atoms with van der Waals surface area (Å²) in [6.07, 6.45) is -0.0149. The molecule has 0 saturated heterocycles. The lowest BCUT2D eigenvalue weighted by Crippen LogP contribution is -2.29. The number of aliphatic carboxylic acids is 1. The predicted octanol–water partition coefficient (Wildman–Crippen LogP) is 2.98. The zero-order valence-electron chi connectivity index (χ0n) is 9.67. The van der Waals surface area contributed by atoms with Crippen LogP contribution in [-0.4, -0.2) is 30.1 Å². The number of hydrogen-bond donors (Lipinski definition) is 3. The van der Waals surface area contributed by atoms with Crippen LogP contribution in [-0.2, 0) is 9.59 Å². The lowest BCUT2D eigenvalue weighted by atomic mass is 10.3. The van der Waals surface area contributed by atoms with Crippen LogP contribution in [0.4, 0.5) is 5.69 Å². The van der Waals surface area contributed by atoms with E-state index in [1.54, 1.807) is 0 Å². The van der Waals surface area contributed by atoms with E-state index in [0.717, 1.165) is 13.4 Å². The van der Waals surface area contributed by atoms with Gasteiger partial charge in [-0.15, -0.1) is 0 Å². The molecule has 5 nitrogen and oxygen atoms in total. The summed E-state index contributed by atoms with van der Waals surface area (Å²) in [5.41, 5.74) is 0.633. The summed E-state index contributed by atoms with van der Waals surface area (Å²) in [5, 5.41) is 13.9. The van der Waals surface area contributed by atoms with E-state index in [1.165, 1.54) is 0 Å². The molecule has 0 atom stereocenters. The number of rotatable bonds is 6. The standard InChI is InChI=1S/C11H11Br3N2O3/c12-6-3-7(13)11(8(14)4-6)16-9(17)5-15-2-1-10(18)19/h3-4,15H,1-2,5H2,(H,16,17)(H,18,19). The van der Waals surface area contributed by atoms with Gasteiger partial charge in [-0.05, 0) is 44.0 Å². The van der Waals surface area contributed by atoms with Crippen molar-refractivity contribution in [3.63, 3.8) is 0 Å². The highest BCUT2D eigenvalue weighted by molar-refractivity contribution is 9.11. The van der Waals surface area contributed by atoms with Crippen molar-refractivity contribution in [1.29, 1.82) is 0 Å². The van der Waals surface area contributed by atoms with Gasteiger partial charge in [-0.1, -0.05) is 15.9 Å². The minimum atomic E-state index is -0.897. The van der Waals surface area contributed by atoms with Gasteiger partial charge in [0, 0.05) is 20.0 Å². The largest absolute Gasteiger partial charge is 0.481 e. The molecular weight excluding hydrogens is 448 g/mol. The van der Waals surface area contributed by atoms with Crippen LogP contribution in [0.5, 0.6) is 0 Å². The highest BCUT2D eigenvalue weighted by atomic mass is 79.9. The minimum Gasteiger partial charge on any atom is -0.481 e. The number of carbonyl (C=O) groups is 2. The van der Waals surface area contributed by atoms with Crippen LogP contribution >= 0.6 is 47.8 Å². The zero-order valence-corrected chi connectivity index (χ0v) is 14.4. The number of carboxylic acid groups (broad SMARTS) is 1. The van der Waals surface area contributed by atoms with Gasteiger partial charge < -0.3 is 15.7 Å². The van der Waals surface area contributed by atoms with Crippen molar-refractivity contribution in [1.82, 2.24) is 5.32 Å². The Morgan fingerprint density at radius 2 is 1.74 bits per heavy atom. The van der Waals surface area contributed by atoms with Crippen LogP contribution in [0.1, 0.15) is 6.42 Å². The second-order valence-electron chi connectivity index (χ2n) is 3.61. The van der Waals surface area contributed by atoms with Gasteiger partial charge in [0.1, 0.15) is 0 Å². The van der Waals surface area contributed by atoms with Gasteiger partial charge in [-0.2, -0.15) is 0 Å². The highest BCUT2D eigenvalue weighted by Gasteiger charge is 2.10. The van der Waals surface area contributed by atoms with Gasteiger partial charge >= 0.3 is 5.97 Å². The molecule has 19 heavy (non-hydrogen) atoms. The lowest BCUT2D eigenvalue weighted by Gasteiger charge is -2.10. The van der Waals surface area contributed by atoms with Crippen LogP contribution in [0.2, 0.25) is 0 Å². The van der Waals surface area contributed by atoms with Crippen molar-refractivity contribution in [2.75, 3.05) is 18.4 Å². The molecule has 1 amide bonds. The Kier molecular flexibility index (Phi) is 6.98. The molecule has 104 valence electrons. The van der Waals surface area contributed by atoms with Crippen LogP contribution in [0.25, 0.3) is 0 Å². The van der Waals surface area contributed by atoms with Gasteiger partial charge in [0.25, 0.3) is 0 Å². The van der Waals surface area contributed by atoms with E-state index in [9.17, 15) is 9.59 Å². The monoisotopic (exact) mass is 456 g/mol. The summed E-state index contributed by atoms with van der Waals surface area (Å²) < 4.78 is 2.36. The Labute approximate surface area is 135 Å². The fraction of sp³-hybridized carbons (Fsp3) is 0.273. The van der Waals surface area contributed by atoms with E-state index in [4.69, 9.17) is 5.11 Å². The average molecular weight is 459 g/mol. The first kappa shape index (κ1) is 16.6. The maximum Gasteiger partial charge on any atom is 0.304 e. The number of hydrogen-bond acceptors (Lipinski definition) is 3. The first-order valence-corrected chi connectivity index (χ1v) is 7.65. The summed E-state index contributed by atoms with van der Waals surface area (Å²) >= 11 is 10.0. The fourth-order valence-electron chi connectivity index (χ4n) is 1.24. The minimum absolute atomic E-state index is 0.0149. The predicted molar refractivity (Wildman–Crippen MR) is 83.3 cm³/mol. The van der Waals surface area contributed by atoms with E-state index in [1.807, 2.05) is 12.1 Å². The molecule has 1 aromatic rings. The second-order valence-corrected chi connectivity index (χ2v) is 6.24. The van der Waals surface area contributed by atoms with Crippen molar-refractivity contribution < 1.29 is 14.7 Å². The first-order valence-electron chi connectivity index (χ1n) is 5.27. The lowest BCUT2D eigenvalue weighted by molar-refractivity contribution is -0.137. The molecule has 0 aliphatic carbocycles. The normalized spacial score (nSPS) is 10.3. The van der Waals surface area contributed by atoms with Crippen molar-refractivity contribution in [2.45, 2.75) is 6.42 Å². The molecule has 1 aromatic carbocycles. The first-order chi connectivity index (χ1) is 8.90. The molecule has 0 unspecified atom stereocenters. The molecule has 8 heteroatoms. The molecule has 0 radical (unpaired) electrons. The molecule has 0 spiro atoms. The van der Waals surface area contributed by atoms with Crippen LogP contribution in [0, 0.1) is 0 Å². The maximum atomic E-state index is 11.7. The molecule has 0 bridgehead atoms. The van der Waals surface area contributed by atoms with Crippen LogP contribution < -0.4 is 10.6 Å². The average Bonchev–Trinajstić information content (AvgIpc) is 2.29. The summed E-state index contributed by atoms with van der Waals surface area (Å²) in [7, 11) is 0. The Bertz CT molecular complexity index is 471. The zero-order chi connectivity index (χ0) is 14.4. The Morgan fingerprint density at radius 1 is 1.16 bits per heavy atom. The summed E-state index contributed by atoms with van der Waals surface area (Å²) in [4.78, 5) is 22.0. The summed E-state index contributed by atoms with van der Waals surface area (Å²) in [6, 6.07) is 3.64. The Morgan fingerprint density at radius 3 is 2.26 bits per heavy atom. The topological polar surface area (TPSA) is 78.4 Å². The number of nitrogens with one attached hydrogen (secondary N) is 2. The quantitative estimate of drug-likeness (QED) is 0.573. The third-order valence-electron chi connectivity index (χ3n) is 2.07. The van der Waals surface area contributed by atoms with Crippen molar-refractivity contribution in [3.8, 4) is 0 Å². The van der Waals surface area contributed by atoms with Crippen molar-refractivity contribution >= 4 is 65.4 Å². The molecule has 1 rings (SSSR count). The summed E-state index contributed by atoms with van der Waals surface area (Å²) in [6.45, 7) is 0.313. The van der Waals surface area contributed by atoms with Gasteiger partial charge in [0.2, 0.25) is 5.91 Å². The van der Waals surface area contributed by atoms with Gasteiger partial charge in [0.05, 0.1) is 18.7 Å². The maximum absolute atomic E-state index is 11.7. The number of anilines is 1. The van der Waals surface area contributed by atoms with E-state index < -0.39 is 5.97 Å². The van der Waals surface area contributed by atoms with Crippen molar-refractivity contribution in [2.24, 2.45) is 0 Å². The highest BCUT2D eigenvalue weighted by Crippen LogP contribution is 2.34. The molecule has 0 fully saturated rings. The molecule has 0 saturated carbocycles. The van der Waals surface area contributed by atoms with Gasteiger partial charge in [-0.3, -0.25) is 9.59 Å². The van der Waals surface area contributed by atoms with E-state index in [0.29, 0.717) is 5.69 Å². The fourth-order valence-corrected chi connectivity index (χ4v) is 3.70. The van der Waals surface area contributed by atoms with Gasteiger partial charge in [-0.25, -0.2) is 0 Å².